The van der Waals surface area contributed by atoms with Crippen molar-refractivity contribution in [1.82, 2.24) is 23.1 Å². The normalized spacial score (nSPS) is 11.6. The fourth-order valence-electron chi connectivity index (χ4n) is 4.14. The Morgan fingerprint density at radius 1 is 0.939 bits per heavy atom. The van der Waals surface area contributed by atoms with Crippen LogP contribution in [0.3, 0.4) is 0 Å². The van der Waals surface area contributed by atoms with Crippen molar-refractivity contribution in [2.45, 2.75) is 59.7 Å². The Kier molecular flexibility index (Phi) is 5.92. The van der Waals surface area contributed by atoms with Gasteiger partial charge in [0.15, 0.2) is 11.2 Å². The Labute approximate surface area is 188 Å². The van der Waals surface area contributed by atoms with Crippen LogP contribution in [-0.2, 0) is 26.1 Å². The topological polar surface area (TPSA) is 104 Å². The fraction of sp³-hybridized carbons (Fsp3) is 0.391. The summed E-state index contributed by atoms with van der Waals surface area (Å²) in [4.78, 5) is 44.1. The molecule has 3 heterocycles. The van der Waals surface area contributed by atoms with Crippen molar-refractivity contribution in [1.29, 1.82) is 0 Å². The summed E-state index contributed by atoms with van der Waals surface area (Å²) in [6, 6.07) is 5.65. The first-order chi connectivity index (χ1) is 15.8. The van der Waals surface area contributed by atoms with Crippen LogP contribution in [0.1, 0.15) is 44.7 Å². The van der Waals surface area contributed by atoms with E-state index < -0.39 is 22.6 Å². The maximum atomic E-state index is 13.6. The van der Waals surface area contributed by atoms with Gasteiger partial charge in [0.25, 0.3) is 11.1 Å². The summed E-state index contributed by atoms with van der Waals surface area (Å²) in [6.45, 7) is 6.21. The summed E-state index contributed by atoms with van der Waals surface area (Å²) >= 11 is 0. The molecule has 0 atom stereocenters. The highest BCUT2D eigenvalue weighted by Gasteiger charge is 2.24. The Hall–Kier alpha value is -3.69. The standard InChI is InChI=1S/C23H26FN5O4/c1-4-7-12-28-19(30)16(13-14-8-10-15(24)11-9-14)20(31)29-17-18(25-22(28)29)26(5-2)23(33)27(6-3)21(17)32/h8-11,30H,4-7,12-13H2,1-3H3. The van der Waals surface area contributed by atoms with Crippen LogP contribution in [0, 0.1) is 5.82 Å². The van der Waals surface area contributed by atoms with E-state index in [2.05, 4.69) is 4.98 Å². The molecule has 0 amide bonds. The lowest BCUT2D eigenvalue weighted by Crippen LogP contribution is -2.40. The van der Waals surface area contributed by atoms with Gasteiger partial charge in [0.05, 0.1) is 5.56 Å². The van der Waals surface area contributed by atoms with E-state index in [1.54, 1.807) is 26.0 Å². The van der Waals surface area contributed by atoms with E-state index in [9.17, 15) is 23.9 Å². The van der Waals surface area contributed by atoms with E-state index in [1.807, 2.05) is 6.92 Å². The molecule has 0 spiro atoms. The average Bonchev–Trinajstić information content (AvgIpc) is 3.19. The molecule has 3 aromatic heterocycles. The molecule has 0 saturated heterocycles. The molecule has 10 heteroatoms. The van der Waals surface area contributed by atoms with Gasteiger partial charge in [0, 0.05) is 26.1 Å². The minimum Gasteiger partial charge on any atom is -0.494 e. The molecule has 174 valence electrons. The lowest BCUT2D eigenvalue weighted by molar-refractivity contribution is 0.401. The summed E-state index contributed by atoms with van der Waals surface area (Å²) in [7, 11) is 0. The largest absolute Gasteiger partial charge is 0.494 e. The van der Waals surface area contributed by atoms with Gasteiger partial charge < -0.3 is 5.11 Å². The first-order valence-corrected chi connectivity index (χ1v) is 11.1. The zero-order valence-electron chi connectivity index (χ0n) is 18.8. The van der Waals surface area contributed by atoms with Crippen molar-refractivity contribution in [3.8, 4) is 5.88 Å². The SMILES string of the molecule is CCCCn1c(O)c(Cc2ccc(F)cc2)c(=O)n2c3c(=O)n(CC)c(=O)n(CC)c3nc12. The van der Waals surface area contributed by atoms with E-state index >= 15 is 0 Å². The molecule has 0 aliphatic rings. The zero-order valence-corrected chi connectivity index (χ0v) is 18.8. The minimum absolute atomic E-state index is 0.00362. The van der Waals surface area contributed by atoms with Gasteiger partial charge in [-0.05, 0) is 38.0 Å². The number of hydrogen-bond acceptors (Lipinski definition) is 5. The van der Waals surface area contributed by atoms with E-state index in [4.69, 9.17) is 0 Å². The highest BCUT2D eigenvalue weighted by molar-refractivity contribution is 5.75. The van der Waals surface area contributed by atoms with Crippen molar-refractivity contribution in [3.63, 3.8) is 0 Å². The van der Waals surface area contributed by atoms with Crippen molar-refractivity contribution in [3.05, 3.63) is 72.4 Å². The lowest BCUT2D eigenvalue weighted by atomic mass is 10.1. The summed E-state index contributed by atoms with van der Waals surface area (Å²) in [5.74, 6) is -0.546. The Bertz CT molecular complexity index is 1530. The zero-order chi connectivity index (χ0) is 23.9. The molecule has 0 fully saturated rings. The van der Waals surface area contributed by atoms with Gasteiger partial charge in [-0.25, -0.2) is 13.6 Å². The van der Waals surface area contributed by atoms with Crippen LogP contribution in [0.5, 0.6) is 5.88 Å². The van der Waals surface area contributed by atoms with Crippen LogP contribution in [-0.4, -0.2) is 28.2 Å². The van der Waals surface area contributed by atoms with Crippen molar-refractivity contribution < 1.29 is 9.50 Å². The molecular formula is C23H26FN5O4. The third-order valence-electron chi connectivity index (χ3n) is 5.90. The Balaban J connectivity index is 2.15. The van der Waals surface area contributed by atoms with Gasteiger partial charge in [-0.2, -0.15) is 4.98 Å². The van der Waals surface area contributed by atoms with Crippen LogP contribution in [0.25, 0.3) is 16.9 Å². The van der Waals surface area contributed by atoms with Crippen LogP contribution >= 0.6 is 0 Å². The number of hydrogen-bond donors (Lipinski definition) is 1. The van der Waals surface area contributed by atoms with Crippen molar-refractivity contribution in [2.24, 2.45) is 0 Å². The number of aryl methyl sites for hydroxylation is 2. The van der Waals surface area contributed by atoms with Crippen molar-refractivity contribution >= 4 is 16.9 Å². The third kappa shape index (κ3) is 3.55. The molecule has 0 bridgehead atoms. The number of aromatic hydroxyl groups is 1. The molecule has 0 unspecified atom stereocenters. The highest BCUT2D eigenvalue weighted by Crippen LogP contribution is 2.23. The number of halogens is 1. The van der Waals surface area contributed by atoms with Gasteiger partial charge in [-0.3, -0.25) is 23.3 Å². The van der Waals surface area contributed by atoms with Gasteiger partial charge >= 0.3 is 5.69 Å². The molecule has 4 rings (SSSR count). The summed E-state index contributed by atoms with van der Waals surface area (Å²) in [5, 5.41) is 11.1. The number of nitrogens with zero attached hydrogens (tertiary/aromatic N) is 5. The van der Waals surface area contributed by atoms with E-state index in [1.165, 1.54) is 25.7 Å². The molecule has 0 radical (unpaired) electrons. The average molecular weight is 455 g/mol. The highest BCUT2D eigenvalue weighted by atomic mass is 19.1. The summed E-state index contributed by atoms with van der Waals surface area (Å²) in [5.41, 5.74) is -0.881. The number of fused-ring (bicyclic) bond motifs is 3. The molecular weight excluding hydrogens is 429 g/mol. The quantitative estimate of drug-likeness (QED) is 0.460. The predicted molar refractivity (Wildman–Crippen MR) is 123 cm³/mol. The third-order valence-corrected chi connectivity index (χ3v) is 5.90. The summed E-state index contributed by atoms with van der Waals surface area (Å²) < 4.78 is 18.5. The Morgan fingerprint density at radius 3 is 2.21 bits per heavy atom. The van der Waals surface area contributed by atoms with Crippen LogP contribution in [0.2, 0.25) is 0 Å². The first-order valence-electron chi connectivity index (χ1n) is 11.1. The fourth-order valence-corrected chi connectivity index (χ4v) is 4.14. The lowest BCUT2D eigenvalue weighted by Gasteiger charge is -2.14. The second-order valence-electron chi connectivity index (χ2n) is 7.91. The maximum Gasteiger partial charge on any atom is 0.332 e. The van der Waals surface area contributed by atoms with Gasteiger partial charge in [-0.15, -0.1) is 0 Å². The van der Waals surface area contributed by atoms with Gasteiger partial charge in [-0.1, -0.05) is 25.5 Å². The summed E-state index contributed by atoms with van der Waals surface area (Å²) in [6.07, 6.45) is 1.57. The molecule has 0 aliphatic carbocycles. The molecule has 0 aliphatic heterocycles. The number of imidazole rings is 1. The minimum atomic E-state index is -0.604. The first kappa shape index (κ1) is 22.5. The van der Waals surface area contributed by atoms with E-state index in [0.717, 1.165) is 11.0 Å². The van der Waals surface area contributed by atoms with Crippen LogP contribution in [0.15, 0.2) is 38.6 Å². The van der Waals surface area contributed by atoms with Crippen LogP contribution < -0.4 is 16.8 Å². The smallest absolute Gasteiger partial charge is 0.332 e. The maximum absolute atomic E-state index is 13.6. The van der Waals surface area contributed by atoms with E-state index in [-0.39, 0.29) is 47.9 Å². The van der Waals surface area contributed by atoms with Gasteiger partial charge in [0.1, 0.15) is 5.82 Å². The predicted octanol–water partition coefficient (Wildman–Crippen LogP) is 2.25. The molecule has 4 aromatic rings. The molecule has 33 heavy (non-hydrogen) atoms. The van der Waals surface area contributed by atoms with Crippen molar-refractivity contribution in [2.75, 3.05) is 0 Å². The number of unbranched alkanes of at least 4 members (excludes halogenated alkanes) is 1. The molecule has 0 saturated carbocycles. The molecule has 9 nitrogen and oxygen atoms in total. The number of rotatable bonds is 7. The number of benzene rings is 1. The Morgan fingerprint density at radius 2 is 1.61 bits per heavy atom. The second kappa shape index (κ2) is 8.68. The van der Waals surface area contributed by atoms with Gasteiger partial charge in [0.2, 0.25) is 11.7 Å². The monoisotopic (exact) mass is 455 g/mol. The number of aromatic nitrogens is 5. The molecule has 1 N–H and O–H groups in total. The van der Waals surface area contributed by atoms with Crippen LogP contribution in [0.4, 0.5) is 4.39 Å². The molecule has 1 aromatic carbocycles. The van der Waals surface area contributed by atoms with E-state index in [0.29, 0.717) is 18.5 Å². The second-order valence-corrected chi connectivity index (χ2v) is 7.91.